The summed E-state index contributed by atoms with van der Waals surface area (Å²) in [7, 11) is 0. The zero-order chi connectivity index (χ0) is 12.5. The number of allylic oxidation sites excluding steroid dienone is 3. The highest BCUT2D eigenvalue weighted by Gasteiger charge is 2.16. The predicted molar refractivity (Wildman–Crippen MR) is 69.6 cm³/mol. The van der Waals surface area contributed by atoms with Crippen molar-refractivity contribution < 1.29 is 0 Å². The Morgan fingerprint density at radius 3 is 3.06 bits per heavy atom. The monoisotopic (exact) mass is 237 g/mol. The van der Waals surface area contributed by atoms with Crippen molar-refractivity contribution in [1.82, 2.24) is 4.98 Å². The Balaban J connectivity index is 2.17. The molecular formula is C13H11N5. The second-order valence-corrected chi connectivity index (χ2v) is 4.07. The van der Waals surface area contributed by atoms with Crippen LogP contribution in [0.5, 0.6) is 0 Å². The van der Waals surface area contributed by atoms with Crippen molar-refractivity contribution in [1.29, 1.82) is 5.41 Å². The van der Waals surface area contributed by atoms with Gasteiger partial charge in [0.25, 0.3) is 0 Å². The molecule has 1 aliphatic carbocycles. The van der Waals surface area contributed by atoms with Crippen molar-refractivity contribution in [2.24, 2.45) is 15.7 Å². The lowest BCUT2D eigenvalue weighted by molar-refractivity contribution is 1.10. The molecule has 2 heterocycles. The zero-order valence-corrected chi connectivity index (χ0v) is 9.59. The maximum absolute atomic E-state index is 7.45. The summed E-state index contributed by atoms with van der Waals surface area (Å²) < 4.78 is 0. The minimum Gasteiger partial charge on any atom is -0.384 e. The van der Waals surface area contributed by atoms with Crippen LogP contribution in [0, 0.1) is 5.41 Å². The molecule has 1 aliphatic heterocycles. The van der Waals surface area contributed by atoms with Crippen molar-refractivity contribution in [2.45, 2.75) is 6.42 Å². The van der Waals surface area contributed by atoms with E-state index in [0.29, 0.717) is 11.9 Å². The van der Waals surface area contributed by atoms with E-state index in [4.69, 9.17) is 11.1 Å². The molecule has 0 aromatic carbocycles. The van der Waals surface area contributed by atoms with E-state index in [9.17, 15) is 0 Å². The van der Waals surface area contributed by atoms with Crippen LogP contribution in [0.4, 0.5) is 0 Å². The summed E-state index contributed by atoms with van der Waals surface area (Å²) in [6, 6.07) is 3.78. The fraction of sp³-hybridized carbons (Fsp3) is 0.0769. The third-order valence-corrected chi connectivity index (χ3v) is 2.84. The number of nitrogens with zero attached hydrogens (tertiary/aromatic N) is 3. The van der Waals surface area contributed by atoms with Gasteiger partial charge in [-0.1, -0.05) is 6.08 Å². The van der Waals surface area contributed by atoms with Crippen LogP contribution in [0.3, 0.4) is 0 Å². The summed E-state index contributed by atoms with van der Waals surface area (Å²) in [6.45, 7) is 0. The van der Waals surface area contributed by atoms with Gasteiger partial charge >= 0.3 is 0 Å². The highest BCUT2D eigenvalue weighted by molar-refractivity contribution is 6.10. The number of hydrogen-bond acceptors (Lipinski definition) is 4. The van der Waals surface area contributed by atoms with Gasteiger partial charge in [0.1, 0.15) is 5.84 Å². The third-order valence-electron chi connectivity index (χ3n) is 2.84. The smallest absolute Gasteiger partial charge is 0.161 e. The van der Waals surface area contributed by atoms with E-state index in [0.717, 1.165) is 22.2 Å². The number of amidine groups is 1. The quantitative estimate of drug-likeness (QED) is 0.533. The van der Waals surface area contributed by atoms with Gasteiger partial charge in [0, 0.05) is 24.0 Å². The molecule has 88 valence electrons. The van der Waals surface area contributed by atoms with Gasteiger partial charge < -0.3 is 5.73 Å². The standard InChI is InChI=1S/C13H11N5/c14-12(15)8-3-4-10-11(6-8)17-7-9-2-1-5-16-13(9)18-10/h1-5,7H,6H2,(H3,14,15). The minimum atomic E-state index is 0.0767. The second kappa shape index (κ2) is 4.03. The first-order valence-electron chi connectivity index (χ1n) is 5.56. The highest BCUT2D eigenvalue weighted by Crippen LogP contribution is 2.17. The van der Waals surface area contributed by atoms with E-state index in [-0.39, 0.29) is 5.84 Å². The molecule has 0 bridgehead atoms. The van der Waals surface area contributed by atoms with E-state index in [1.165, 1.54) is 0 Å². The summed E-state index contributed by atoms with van der Waals surface area (Å²) in [5, 5.41) is 8.34. The normalized spacial score (nSPS) is 16.8. The maximum Gasteiger partial charge on any atom is 0.161 e. The van der Waals surface area contributed by atoms with Crippen LogP contribution in [-0.2, 0) is 0 Å². The second-order valence-electron chi connectivity index (χ2n) is 4.07. The average Bonchev–Trinajstić information content (AvgIpc) is 2.56. The summed E-state index contributed by atoms with van der Waals surface area (Å²) in [4.78, 5) is 13.1. The Morgan fingerprint density at radius 1 is 1.33 bits per heavy atom. The van der Waals surface area contributed by atoms with Crippen molar-refractivity contribution in [3.05, 3.63) is 52.5 Å². The van der Waals surface area contributed by atoms with Gasteiger partial charge in [-0.15, -0.1) is 0 Å². The number of rotatable bonds is 1. The SMILES string of the molecule is N=C(N)C1=CC=C2N=c3ncccc3=CN=C2C1. The van der Waals surface area contributed by atoms with Gasteiger partial charge in [-0.3, -0.25) is 10.4 Å². The van der Waals surface area contributed by atoms with E-state index >= 15 is 0 Å². The van der Waals surface area contributed by atoms with Gasteiger partial charge in [0.15, 0.2) is 5.49 Å². The number of nitrogens with one attached hydrogen (secondary N) is 1. The number of fused-ring (bicyclic) bond motifs is 2. The van der Waals surface area contributed by atoms with Gasteiger partial charge in [-0.25, -0.2) is 9.98 Å². The molecule has 0 spiro atoms. The molecular weight excluding hydrogens is 226 g/mol. The van der Waals surface area contributed by atoms with E-state index < -0.39 is 0 Å². The van der Waals surface area contributed by atoms with Crippen molar-refractivity contribution in [3.63, 3.8) is 0 Å². The van der Waals surface area contributed by atoms with Crippen LogP contribution in [0.1, 0.15) is 6.42 Å². The largest absolute Gasteiger partial charge is 0.384 e. The van der Waals surface area contributed by atoms with Crippen molar-refractivity contribution >= 4 is 17.7 Å². The average molecular weight is 237 g/mol. The van der Waals surface area contributed by atoms with E-state index in [1.807, 2.05) is 24.3 Å². The van der Waals surface area contributed by atoms with Gasteiger partial charge in [-0.05, 0) is 23.8 Å². The Hall–Kier alpha value is -2.56. The molecule has 0 amide bonds. The first-order valence-corrected chi connectivity index (χ1v) is 5.56. The molecule has 0 saturated carbocycles. The molecule has 0 atom stereocenters. The molecule has 0 saturated heterocycles. The van der Waals surface area contributed by atoms with Crippen LogP contribution < -0.4 is 16.4 Å². The highest BCUT2D eigenvalue weighted by atomic mass is 14.9. The predicted octanol–water partition coefficient (Wildman–Crippen LogP) is 0.0438. The molecule has 18 heavy (non-hydrogen) atoms. The fourth-order valence-electron chi connectivity index (χ4n) is 1.87. The molecule has 0 fully saturated rings. The van der Waals surface area contributed by atoms with E-state index in [2.05, 4.69) is 15.0 Å². The summed E-state index contributed by atoms with van der Waals surface area (Å²) in [6.07, 6.45) is 7.65. The molecule has 5 nitrogen and oxygen atoms in total. The molecule has 1 aromatic heterocycles. The Bertz CT molecular complexity index is 737. The Kier molecular flexibility index (Phi) is 2.37. The molecule has 5 heteroatoms. The van der Waals surface area contributed by atoms with Crippen LogP contribution in [0.25, 0.3) is 6.20 Å². The number of aromatic nitrogens is 1. The molecule has 0 unspecified atom stereocenters. The van der Waals surface area contributed by atoms with Gasteiger partial charge in [-0.2, -0.15) is 0 Å². The zero-order valence-electron chi connectivity index (χ0n) is 9.59. The fourth-order valence-corrected chi connectivity index (χ4v) is 1.87. The number of hydrogen-bond donors (Lipinski definition) is 2. The van der Waals surface area contributed by atoms with Crippen LogP contribution >= 0.6 is 0 Å². The summed E-state index contributed by atoms with van der Waals surface area (Å²) in [5.74, 6) is 0.0767. The number of aliphatic imine (C=N–C) groups is 1. The lowest BCUT2D eigenvalue weighted by Gasteiger charge is -2.12. The molecule has 0 radical (unpaired) electrons. The minimum absolute atomic E-state index is 0.0767. The maximum atomic E-state index is 7.45. The molecule has 3 rings (SSSR count). The van der Waals surface area contributed by atoms with Gasteiger partial charge in [0.05, 0.1) is 11.4 Å². The lowest BCUT2D eigenvalue weighted by Crippen LogP contribution is -2.27. The van der Waals surface area contributed by atoms with Crippen molar-refractivity contribution in [2.75, 3.05) is 0 Å². The Morgan fingerprint density at radius 2 is 2.22 bits per heavy atom. The van der Waals surface area contributed by atoms with E-state index in [1.54, 1.807) is 12.4 Å². The van der Waals surface area contributed by atoms with Crippen LogP contribution in [-0.4, -0.2) is 16.5 Å². The topological polar surface area (TPSA) is 87.5 Å². The molecule has 3 N–H and O–H groups in total. The number of nitrogens with two attached hydrogens (primary N) is 1. The molecule has 1 aromatic rings. The van der Waals surface area contributed by atoms with Gasteiger partial charge in [0.2, 0.25) is 0 Å². The molecule has 2 aliphatic rings. The number of pyridine rings is 1. The first-order chi connectivity index (χ1) is 8.74. The lowest BCUT2D eigenvalue weighted by atomic mass is 10.00. The summed E-state index contributed by atoms with van der Waals surface area (Å²) >= 11 is 0. The first kappa shape index (κ1) is 10.6. The van der Waals surface area contributed by atoms with Crippen molar-refractivity contribution in [3.8, 4) is 0 Å². The van der Waals surface area contributed by atoms with Crippen LogP contribution in [0.2, 0.25) is 0 Å². The third kappa shape index (κ3) is 1.75. The summed E-state index contributed by atoms with van der Waals surface area (Å²) in [5.41, 5.74) is 8.53. The Labute approximate surface area is 103 Å². The van der Waals surface area contributed by atoms with Crippen LogP contribution in [0.15, 0.2) is 51.7 Å².